The van der Waals surface area contributed by atoms with E-state index in [1.807, 2.05) is 13.8 Å². The first kappa shape index (κ1) is 16.1. The van der Waals surface area contributed by atoms with Crippen LogP contribution in [0.5, 0.6) is 0 Å². The maximum Gasteiger partial charge on any atom is 0.270 e. The highest BCUT2D eigenvalue weighted by Gasteiger charge is 2.21. The lowest BCUT2D eigenvalue weighted by molar-refractivity contribution is 0.0938. The predicted octanol–water partition coefficient (Wildman–Crippen LogP) is 0.731. The average molecular weight is 327 g/mol. The highest BCUT2D eigenvalue weighted by Crippen LogP contribution is 2.14. The Morgan fingerprint density at radius 1 is 1.00 bits per heavy atom. The predicted molar refractivity (Wildman–Crippen MR) is 91.1 cm³/mol. The molecule has 3 heterocycles. The number of amides is 1. The van der Waals surface area contributed by atoms with E-state index < -0.39 is 0 Å². The maximum absolute atomic E-state index is 12.1. The molecule has 1 N–H and O–H groups in total. The summed E-state index contributed by atoms with van der Waals surface area (Å²) < 4.78 is 0. The van der Waals surface area contributed by atoms with Gasteiger partial charge in [-0.3, -0.25) is 4.79 Å². The van der Waals surface area contributed by atoms with Crippen molar-refractivity contribution in [2.45, 2.75) is 19.9 Å². The molecule has 1 amide bonds. The zero-order valence-corrected chi connectivity index (χ0v) is 13.9. The van der Waals surface area contributed by atoms with Crippen molar-refractivity contribution < 1.29 is 4.79 Å². The summed E-state index contributed by atoms with van der Waals surface area (Å²) in [4.78, 5) is 33.6. The van der Waals surface area contributed by atoms with Crippen LogP contribution in [0.25, 0.3) is 0 Å². The molecule has 1 fully saturated rings. The summed E-state index contributed by atoms with van der Waals surface area (Å²) in [6.07, 6.45) is 5.12. The van der Waals surface area contributed by atoms with Crippen molar-refractivity contribution in [2.75, 3.05) is 36.0 Å². The summed E-state index contributed by atoms with van der Waals surface area (Å²) in [5.41, 5.74) is 0.391. The summed E-state index contributed by atoms with van der Waals surface area (Å²) >= 11 is 0. The summed E-state index contributed by atoms with van der Waals surface area (Å²) in [6, 6.07) is 3.52. The van der Waals surface area contributed by atoms with Crippen LogP contribution in [0, 0.1) is 0 Å². The van der Waals surface area contributed by atoms with Gasteiger partial charge >= 0.3 is 0 Å². The van der Waals surface area contributed by atoms with Crippen molar-refractivity contribution >= 4 is 17.8 Å². The van der Waals surface area contributed by atoms with Gasteiger partial charge in [0, 0.05) is 50.8 Å². The Kier molecular flexibility index (Phi) is 4.83. The van der Waals surface area contributed by atoms with E-state index in [1.165, 1.54) is 0 Å². The van der Waals surface area contributed by atoms with Crippen molar-refractivity contribution in [1.29, 1.82) is 0 Å². The number of rotatable bonds is 4. The summed E-state index contributed by atoms with van der Waals surface area (Å²) in [5, 5.41) is 2.85. The number of carbonyl (C=O) groups excluding carboxylic acids is 1. The molecule has 0 spiro atoms. The molecule has 8 nitrogen and oxygen atoms in total. The Morgan fingerprint density at radius 2 is 1.58 bits per heavy atom. The molecule has 8 heteroatoms. The number of anilines is 2. The molecule has 0 unspecified atom stereocenters. The van der Waals surface area contributed by atoms with E-state index in [4.69, 9.17) is 0 Å². The lowest BCUT2D eigenvalue weighted by Crippen LogP contribution is -2.47. The zero-order valence-electron chi connectivity index (χ0n) is 13.9. The average Bonchev–Trinajstić information content (AvgIpc) is 2.62. The van der Waals surface area contributed by atoms with E-state index in [9.17, 15) is 4.79 Å². The van der Waals surface area contributed by atoms with Crippen LogP contribution in [-0.4, -0.2) is 58.1 Å². The van der Waals surface area contributed by atoms with Gasteiger partial charge in [0.15, 0.2) is 0 Å². The minimum Gasteiger partial charge on any atom is -0.349 e. The molecule has 3 rings (SSSR count). The van der Waals surface area contributed by atoms with E-state index >= 15 is 0 Å². The largest absolute Gasteiger partial charge is 0.349 e. The van der Waals surface area contributed by atoms with Crippen molar-refractivity contribution in [3.63, 3.8) is 0 Å². The van der Waals surface area contributed by atoms with E-state index in [1.54, 1.807) is 30.7 Å². The molecule has 0 bridgehead atoms. The lowest BCUT2D eigenvalue weighted by atomic mass is 10.3. The Morgan fingerprint density at radius 3 is 2.21 bits per heavy atom. The van der Waals surface area contributed by atoms with Crippen molar-refractivity contribution in [3.8, 4) is 0 Å². The Hall–Kier alpha value is -2.77. The first-order valence-corrected chi connectivity index (χ1v) is 8.04. The van der Waals surface area contributed by atoms with E-state index in [0.717, 1.165) is 32.1 Å². The van der Waals surface area contributed by atoms with Crippen LogP contribution in [0.2, 0.25) is 0 Å². The van der Waals surface area contributed by atoms with Crippen molar-refractivity contribution in [2.24, 2.45) is 0 Å². The number of hydrogen-bond acceptors (Lipinski definition) is 7. The highest BCUT2D eigenvalue weighted by molar-refractivity contribution is 5.92. The molecule has 2 aromatic rings. The second-order valence-corrected chi connectivity index (χ2v) is 5.89. The second-order valence-electron chi connectivity index (χ2n) is 5.89. The van der Waals surface area contributed by atoms with Crippen LogP contribution < -0.4 is 15.1 Å². The monoisotopic (exact) mass is 327 g/mol. The van der Waals surface area contributed by atoms with Gasteiger partial charge in [0.1, 0.15) is 5.69 Å². The van der Waals surface area contributed by atoms with E-state index in [-0.39, 0.29) is 11.9 Å². The number of aromatic nitrogens is 4. The Balaban J connectivity index is 1.65. The first-order valence-electron chi connectivity index (χ1n) is 8.04. The molecule has 1 aliphatic rings. The number of carbonyl (C=O) groups is 1. The highest BCUT2D eigenvalue weighted by atomic mass is 16.1. The van der Waals surface area contributed by atoms with Gasteiger partial charge in [-0.15, -0.1) is 0 Å². The fourth-order valence-electron chi connectivity index (χ4n) is 2.52. The van der Waals surface area contributed by atoms with Crippen LogP contribution in [-0.2, 0) is 0 Å². The fourth-order valence-corrected chi connectivity index (χ4v) is 2.52. The number of nitrogens with one attached hydrogen (secondary N) is 1. The molecule has 2 aromatic heterocycles. The Bertz CT molecular complexity index is 684. The molecule has 1 saturated heterocycles. The van der Waals surface area contributed by atoms with Crippen LogP contribution in [0.4, 0.5) is 11.9 Å². The zero-order chi connectivity index (χ0) is 16.9. The first-order chi connectivity index (χ1) is 11.6. The van der Waals surface area contributed by atoms with Gasteiger partial charge in [-0.05, 0) is 26.0 Å². The van der Waals surface area contributed by atoms with Gasteiger partial charge in [0.25, 0.3) is 5.91 Å². The van der Waals surface area contributed by atoms with E-state index in [0.29, 0.717) is 11.6 Å². The minimum atomic E-state index is -0.176. The molecule has 126 valence electrons. The lowest BCUT2D eigenvalue weighted by Gasteiger charge is -2.34. The molecule has 0 aromatic carbocycles. The van der Waals surface area contributed by atoms with Crippen LogP contribution in [0.1, 0.15) is 24.3 Å². The third-order valence-electron chi connectivity index (χ3n) is 3.69. The Labute approximate surface area is 141 Å². The smallest absolute Gasteiger partial charge is 0.270 e. The fraction of sp³-hybridized carbons (Fsp3) is 0.438. The van der Waals surface area contributed by atoms with Gasteiger partial charge < -0.3 is 15.1 Å². The van der Waals surface area contributed by atoms with Gasteiger partial charge in [-0.1, -0.05) is 0 Å². The van der Waals surface area contributed by atoms with Gasteiger partial charge in [-0.2, -0.15) is 0 Å². The third kappa shape index (κ3) is 3.76. The topological polar surface area (TPSA) is 87.1 Å². The molecular weight excluding hydrogens is 306 g/mol. The number of hydrogen-bond donors (Lipinski definition) is 1. The van der Waals surface area contributed by atoms with Crippen molar-refractivity contribution in [1.82, 2.24) is 25.3 Å². The van der Waals surface area contributed by atoms with Gasteiger partial charge in [-0.25, -0.2) is 19.9 Å². The molecule has 0 saturated carbocycles. The molecule has 1 aliphatic heterocycles. The SMILES string of the molecule is CC(C)NC(=O)c1ccnc(N2CCN(c3ncccn3)CC2)n1. The third-order valence-corrected chi connectivity index (χ3v) is 3.69. The quantitative estimate of drug-likeness (QED) is 0.886. The van der Waals surface area contributed by atoms with Gasteiger partial charge in [0.05, 0.1) is 0 Å². The van der Waals surface area contributed by atoms with Crippen LogP contribution >= 0.6 is 0 Å². The minimum absolute atomic E-state index is 0.0744. The normalized spacial score (nSPS) is 14.8. The number of nitrogens with zero attached hydrogens (tertiary/aromatic N) is 6. The van der Waals surface area contributed by atoms with E-state index in [2.05, 4.69) is 35.1 Å². The summed E-state index contributed by atoms with van der Waals surface area (Å²) in [7, 11) is 0. The maximum atomic E-state index is 12.1. The standard InChI is InChI=1S/C16H21N7O/c1-12(2)20-14(24)13-4-7-19-16(21-13)23-10-8-22(9-11-23)15-17-5-3-6-18-15/h3-7,12H,8-11H2,1-2H3,(H,20,24). The molecular formula is C16H21N7O. The van der Waals surface area contributed by atoms with Crippen LogP contribution in [0.3, 0.4) is 0 Å². The second kappa shape index (κ2) is 7.20. The van der Waals surface area contributed by atoms with Crippen LogP contribution in [0.15, 0.2) is 30.7 Å². The number of piperazine rings is 1. The summed E-state index contributed by atoms with van der Waals surface area (Å²) in [5.74, 6) is 1.15. The molecule has 0 atom stereocenters. The van der Waals surface area contributed by atoms with Gasteiger partial charge in [0.2, 0.25) is 11.9 Å². The van der Waals surface area contributed by atoms with Crippen molar-refractivity contribution in [3.05, 3.63) is 36.4 Å². The summed E-state index contributed by atoms with van der Waals surface area (Å²) in [6.45, 7) is 6.93. The molecule has 0 aliphatic carbocycles. The molecule has 0 radical (unpaired) electrons. The molecule has 24 heavy (non-hydrogen) atoms.